The highest BCUT2D eigenvalue weighted by Crippen LogP contribution is 2.33. The van der Waals surface area contributed by atoms with E-state index in [-0.39, 0.29) is 0 Å². The molecule has 1 fully saturated rings. The molecule has 1 aliphatic carbocycles. The van der Waals surface area contributed by atoms with Crippen molar-refractivity contribution < 1.29 is 9.84 Å². The predicted molar refractivity (Wildman–Crippen MR) is 60.2 cm³/mol. The molecule has 0 unspecified atom stereocenters. The van der Waals surface area contributed by atoms with E-state index in [1.54, 1.807) is 0 Å². The summed E-state index contributed by atoms with van der Waals surface area (Å²) in [6.07, 6.45) is 2.86. The van der Waals surface area contributed by atoms with Gasteiger partial charge in [-0.2, -0.15) is 0 Å². The van der Waals surface area contributed by atoms with Gasteiger partial charge < -0.3 is 9.84 Å². The summed E-state index contributed by atoms with van der Waals surface area (Å²) in [7, 11) is 0. The van der Waals surface area contributed by atoms with Crippen LogP contribution in [0.4, 0.5) is 0 Å². The molecule has 15 heavy (non-hydrogen) atoms. The Bertz CT molecular complexity index is 333. The van der Waals surface area contributed by atoms with Crippen LogP contribution in [-0.2, 0) is 0 Å². The second kappa shape index (κ2) is 3.86. The molecule has 0 atom stereocenters. The largest absolute Gasteiger partial charge is 0.490 e. The molecule has 82 valence electrons. The van der Waals surface area contributed by atoms with Gasteiger partial charge >= 0.3 is 0 Å². The number of hydrogen-bond donors (Lipinski definition) is 1. The maximum absolute atomic E-state index is 9.93. The first-order valence-electron chi connectivity index (χ1n) is 5.52. The van der Waals surface area contributed by atoms with E-state index >= 15 is 0 Å². The SMILES string of the molecule is Cc1cccc(C)c1OCC1(O)CCC1. The smallest absolute Gasteiger partial charge is 0.125 e. The summed E-state index contributed by atoms with van der Waals surface area (Å²) in [4.78, 5) is 0. The van der Waals surface area contributed by atoms with E-state index in [0.29, 0.717) is 6.61 Å². The Kier molecular flexibility index (Phi) is 2.70. The van der Waals surface area contributed by atoms with Gasteiger partial charge in [0.15, 0.2) is 0 Å². The van der Waals surface area contributed by atoms with Gasteiger partial charge in [-0.15, -0.1) is 0 Å². The molecule has 2 heteroatoms. The first kappa shape index (κ1) is 10.5. The number of hydrogen-bond acceptors (Lipinski definition) is 2. The van der Waals surface area contributed by atoms with Gasteiger partial charge in [-0.05, 0) is 44.2 Å². The average Bonchev–Trinajstić information content (AvgIpc) is 2.14. The molecule has 1 saturated carbocycles. The third-order valence-corrected chi connectivity index (χ3v) is 3.18. The number of ether oxygens (including phenoxy) is 1. The highest BCUT2D eigenvalue weighted by molar-refractivity contribution is 5.39. The molecule has 1 N–H and O–H groups in total. The van der Waals surface area contributed by atoms with E-state index in [4.69, 9.17) is 4.74 Å². The molecule has 0 bridgehead atoms. The van der Waals surface area contributed by atoms with Crippen molar-refractivity contribution in [1.82, 2.24) is 0 Å². The van der Waals surface area contributed by atoms with Crippen molar-refractivity contribution in [1.29, 1.82) is 0 Å². The summed E-state index contributed by atoms with van der Waals surface area (Å²) in [6.45, 7) is 4.50. The predicted octanol–water partition coefficient (Wildman–Crippen LogP) is 2.60. The lowest BCUT2D eigenvalue weighted by Crippen LogP contribution is -2.42. The van der Waals surface area contributed by atoms with Gasteiger partial charge in [0.1, 0.15) is 12.4 Å². The van der Waals surface area contributed by atoms with Crippen LogP contribution in [0.25, 0.3) is 0 Å². The fourth-order valence-electron chi connectivity index (χ4n) is 1.96. The average molecular weight is 206 g/mol. The normalized spacial score (nSPS) is 18.3. The van der Waals surface area contributed by atoms with Gasteiger partial charge in [0.2, 0.25) is 0 Å². The topological polar surface area (TPSA) is 29.5 Å². The number of benzene rings is 1. The van der Waals surface area contributed by atoms with Crippen LogP contribution in [-0.4, -0.2) is 17.3 Å². The standard InChI is InChI=1S/C13H18O2/c1-10-5-3-6-11(2)12(10)15-9-13(14)7-4-8-13/h3,5-6,14H,4,7-9H2,1-2H3. The van der Waals surface area contributed by atoms with Gasteiger partial charge in [0, 0.05) is 0 Å². The van der Waals surface area contributed by atoms with Crippen LogP contribution in [0, 0.1) is 13.8 Å². The van der Waals surface area contributed by atoms with Crippen molar-refractivity contribution in [3.05, 3.63) is 29.3 Å². The van der Waals surface area contributed by atoms with Crippen LogP contribution < -0.4 is 4.74 Å². The van der Waals surface area contributed by atoms with Crippen LogP contribution in [0.2, 0.25) is 0 Å². The van der Waals surface area contributed by atoms with Crippen LogP contribution in [0.5, 0.6) is 5.75 Å². The van der Waals surface area contributed by atoms with Crippen LogP contribution in [0.15, 0.2) is 18.2 Å². The van der Waals surface area contributed by atoms with Crippen LogP contribution in [0.1, 0.15) is 30.4 Å². The zero-order valence-corrected chi connectivity index (χ0v) is 9.42. The van der Waals surface area contributed by atoms with Gasteiger partial charge in [-0.3, -0.25) is 0 Å². The molecule has 2 nitrogen and oxygen atoms in total. The highest BCUT2D eigenvalue weighted by atomic mass is 16.5. The summed E-state index contributed by atoms with van der Waals surface area (Å²) >= 11 is 0. The lowest BCUT2D eigenvalue weighted by atomic mass is 9.81. The number of para-hydroxylation sites is 1. The molecule has 0 aromatic heterocycles. The van der Waals surface area contributed by atoms with Gasteiger partial charge in [-0.1, -0.05) is 18.2 Å². The first-order chi connectivity index (χ1) is 7.11. The summed E-state index contributed by atoms with van der Waals surface area (Å²) in [5.74, 6) is 0.929. The van der Waals surface area contributed by atoms with E-state index in [9.17, 15) is 5.11 Å². The quantitative estimate of drug-likeness (QED) is 0.823. The molecule has 2 rings (SSSR count). The first-order valence-corrected chi connectivity index (χ1v) is 5.52. The van der Waals surface area contributed by atoms with Crippen molar-refractivity contribution >= 4 is 0 Å². The third-order valence-electron chi connectivity index (χ3n) is 3.18. The maximum atomic E-state index is 9.93. The number of rotatable bonds is 3. The molecule has 1 aliphatic rings. The van der Waals surface area contributed by atoms with Crippen molar-refractivity contribution in [2.45, 2.75) is 38.7 Å². The monoisotopic (exact) mass is 206 g/mol. The summed E-state index contributed by atoms with van der Waals surface area (Å²) < 4.78 is 5.72. The van der Waals surface area contributed by atoms with Crippen molar-refractivity contribution in [3.63, 3.8) is 0 Å². The Labute approximate surface area is 90.9 Å². The van der Waals surface area contributed by atoms with Crippen molar-refractivity contribution in [3.8, 4) is 5.75 Å². The van der Waals surface area contributed by atoms with Gasteiger partial charge in [-0.25, -0.2) is 0 Å². The van der Waals surface area contributed by atoms with E-state index < -0.39 is 5.60 Å². The third kappa shape index (κ3) is 2.15. The molecular formula is C13H18O2. The molecule has 0 amide bonds. The minimum atomic E-state index is -0.561. The Balaban J connectivity index is 2.04. The number of aliphatic hydroxyl groups is 1. The Hall–Kier alpha value is -1.02. The molecular weight excluding hydrogens is 188 g/mol. The summed E-state index contributed by atoms with van der Waals surface area (Å²) in [5.41, 5.74) is 1.71. The molecule has 0 heterocycles. The maximum Gasteiger partial charge on any atom is 0.125 e. The summed E-state index contributed by atoms with van der Waals surface area (Å²) in [5, 5.41) is 9.93. The van der Waals surface area contributed by atoms with Crippen molar-refractivity contribution in [2.75, 3.05) is 6.61 Å². The Morgan fingerprint density at radius 2 is 1.87 bits per heavy atom. The molecule has 0 spiro atoms. The second-order valence-electron chi connectivity index (χ2n) is 4.59. The van der Waals surface area contributed by atoms with Crippen LogP contribution >= 0.6 is 0 Å². The van der Waals surface area contributed by atoms with Gasteiger partial charge in [0.25, 0.3) is 0 Å². The molecule has 1 aromatic rings. The lowest BCUT2D eigenvalue weighted by Gasteiger charge is -2.36. The second-order valence-corrected chi connectivity index (χ2v) is 4.59. The summed E-state index contributed by atoms with van der Waals surface area (Å²) in [6, 6.07) is 6.09. The fourth-order valence-corrected chi connectivity index (χ4v) is 1.96. The Morgan fingerprint density at radius 3 is 2.33 bits per heavy atom. The van der Waals surface area contributed by atoms with Crippen LogP contribution in [0.3, 0.4) is 0 Å². The fraction of sp³-hybridized carbons (Fsp3) is 0.538. The highest BCUT2D eigenvalue weighted by Gasteiger charge is 2.35. The minimum absolute atomic E-state index is 0.429. The zero-order chi connectivity index (χ0) is 10.9. The number of aryl methyl sites for hydroxylation is 2. The van der Waals surface area contributed by atoms with E-state index in [1.807, 2.05) is 32.0 Å². The molecule has 0 saturated heterocycles. The molecule has 1 aromatic carbocycles. The van der Waals surface area contributed by atoms with Gasteiger partial charge in [0.05, 0.1) is 5.60 Å². The van der Waals surface area contributed by atoms with E-state index in [0.717, 1.165) is 36.1 Å². The molecule has 0 aliphatic heterocycles. The van der Waals surface area contributed by atoms with E-state index in [1.165, 1.54) is 0 Å². The zero-order valence-electron chi connectivity index (χ0n) is 9.42. The van der Waals surface area contributed by atoms with Crippen molar-refractivity contribution in [2.24, 2.45) is 0 Å². The minimum Gasteiger partial charge on any atom is -0.490 e. The molecule has 0 radical (unpaired) electrons. The lowest BCUT2D eigenvalue weighted by molar-refractivity contribution is -0.0666. The van der Waals surface area contributed by atoms with E-state index in [2.05, 4.69) is 0 Å². The Morgan fingerprint density at radius 1 is 1.27 bits per heavy atom.